The Morgan fingerprint density at radius 2 is 1.95 bits per heavy atom. The van der Waals surface area contributed by atoms with Crippen molar-refractivity contribution in [1.82, 2.24) is 19.9 Å². The minimum Gasteiger partial charge on any atom is -0.354 e. The fourth-order valence-corrected chi connectivity index (χ4v) is 4.81. The molecule has 7 nitrogen and oxygen atoms in total. The summed E-state index contributed by atoms with van der Waals surface area (Å²) >= 11 is 0. The second kappa shape index (κ2) is 5.68. The molecular formula is C14H22N4O3S. The number of carbonyl (C=O) groups excluding carboxylic acids is 1. The molecule has 22 heavy (non-hydrogen) atoms. The Morgan fingerprint density at radius 1 is 1.32 bits per heavy atom. The number of aryl methyl sites for hydroxylation is 1. The van der Waals surface area contributed by atoms with Gasteiger partial charge >= 0.3 is 0 Å². The molecule has 1 aromatic heterocycles. The van der Waals surface area contributed by atoms with Gasteiger partial charge in [-0.25, -0.2) is 13.1 Å². The van der Waals surface area contributed by atoms with Crippen molar-refractivity contribution in [3.63, 3.8) is 0 Å². The minimum absolute atomic E-state index is 0.0348. The summed E-state index contributed by atoms with van der Waals surface area (Å²) in [6.45, 7) is 0. The maximum atomic E-state index is 12.5. The Bertz CT molecular complexity index is 670. The average molecular weight is 326 g/mol. The summed E-state index contributed by atoms with van der Waals surface area (Å²) in [5.41, 5.74) is 0.327. The Hall–Kier alpha value is -1.38. The number of rotatable bonds is 4. The molecule has 0 aromatic carbocycles. The molecule has 0 spiro atoms. The van der Waals surface area contributed by atoms with Crippen molar-refractivity contribution in [1.29, 1.82) is 0 Å². The van der Waals surface area contributed by atoms with Crippen LogP contribution in [0.25, 0.3) is 0 Å². The first-order chi connectivity index (χ1) is 10.4. The average Bonchev–Trinajstić information content (AvgIpc) is 3.01. The van der Waals surface area contributed by atoms with E-state index in [1.807, 2.05) is 0 Å². The van der Waals surface area contributed by atoms with E-state index in [1.54, 1.807) is 7.05 Å². The number of aromatic nitrogens is 1. The van der Waals surface area contributed by atoms with Gasteiger partial charge in [0.15, 0.2) is 0 Å². The van der Waals surface area contributed by atoms with Crippen molar-refractivity contribution in [3.05, 3.63) is 18.0 Å². The molecule has 2 atom stereocenters. The highest BCUT2D eigenvalue weighted by Crippen LogP contribution is 2.27. The molecule has 2 saturated heterocycles. The van der Waals surface area contributed by atoms with Gasteiger partial charge < -0.3 is 15.2 Å². The van der Waals surface area contributed by atoms with Crippen molar-refractivity contribution < 1.29 is 13.2 Å². The molecule has 3 rings (SSSR count). The fraction of sp³-hybridized carbons (Fsp3) is 0.643. The molecule has 0 saturated carbocycles. The van der Waals surface area contributed by atoms with Crippen LogP contribution in [0.1, 0.15) is 36.2 Å². The number of amides is 1. The molecule has 8 heteroatoms. The zero-order valence-corrected chi connectivity index (χ0v) is 13.6. The van der Waals surface area contributed by atoms with Gasteiger partial charge in [-0.2, -0.15) is 0 Å². The molecule has 2 fully saturated rings. The lowest BCUT2D eigenvalue weighted by molar-refractivity contribution is 0.0955. The molecule has 3 heterocycles. The molecule has 2 bridgehead atoms. The zero-order chi connectivity index (χ0) is 15.9. The van der Waals surface area contributed by atoms with Crippen LogP contribution in [0.5, 0.6) is 0 Å². The minimum atomic E-state index is -3.60. The largest absolute Gasteiger partial charge is 0.354 e. The number of piperidine rings is 1. The van der Waals surface area contributed by atoms with Crippen molar-refractivity contribution in [2.24, 2.45) is 7.05 Å². The summed E-state index contributed by atoms with van der Waals surface area (Å²) < 4.78 is 29.4. The normalized spacial score (nSPS) is 27.8. The number of hydrogen-bond donors (Lipinski definition) is 3. The van der Waals surface area contributed by atoms with Gasteiger partial charge in [-0.05, 0) is 31.7 Å². The first-order valence-corrected chi connectivity index (χ1v) is 9.04. The Balaban J connectivity index is 1.77. The lowest BCUT2D eigenvalue weighted by Crippen LogP contribution is -2.47. The van der Waals surface area contributed by atoms with Crippen molar-refractivity contribution in [3.8, 4) is 0 Å². The van der Waals surface area contributed by atoms with E-state index in [9.17, 15) is 13.2 Å². The molecular weight excluding hydrogens is 304 g/mol. The van der Waals surface area contributed by atoms with Crippen LogP contribution in [-0.2, 0) is 17.1 Å². The second-order valence-electron chi connectivity index (χ2n) is 6.18. The summed E-state index contributed by atoms with van der Waals surface area (Å²) in [7, 11) is -0.420. The van der Waals surface area contributed by atoms with Crippen LogP contribution < -0.4 is 15.4 Å². The molecule has 2 aliphatic rings. The number of carbonyl (C=O) groups is 1. The SMILES string of the molecule is CNC(=O)c1cc(S(=O)(=O)NC2CC3CCC(C2)N3)cn1C. The van der Waals surface area contributed by atoms with E-state index in [2.05, 4.69) is 15.4 Å². The van der Waals surface area contributed by atoms with Gasteiger partial charge in [-0.15, -0.1) is 0 Å². The lowest BCUT2D eigenvalue weighted by Gasteiger charge is -2.29. The van der Waals surface area contributed by atoms with Crippen LogP contribution in [0.3, 0.4) is 0 Å². The van der Waals surface area contributed by atoms with Crippen LogP contribution in [0.15, 0.2) is 17.2 Å². The predicted molar refractivity (Wildman–Crippen MR) is 82.1 cm³/mol. The monoisotopic (exact) mass is 326 g/mol. The Morgan fingerprint density at radius 3 is 2.55 bits per heavy atom. The van der Waals surface area contributed by atoms with E-state index < -0.39 is 10.0 Å². The van der Waals surface area contributed by atoms with Gasteiger partial charge in [-0.1, -0.05) is 0 Å². The zero-order valence-electron chi connectivity index (χ0n) is 12.8. The van der Waals surface area contributed by atoms with Gasteiger partial charge in [0.25, 0.3) is 5.91 Å². The summed E-state index contributed by atoms with van der Waals surface area (Å²) in [4.78, 5) is 11.8. The molecule has 2 aliphatic heterocycles. The number of sulfonamides is 1. The fourth-order valence-electron chi connectivity index (χ4n) is 3.48. The third-order valence-corrected chi connectivity index (χ3v) is 6.03. The topological polar surface area (TPSA) is 92.2 Å². The molecule has 122 valence electrons. The van der Waals surface area contributed by atoms with Crippen LogP contribution in [0.2, 0.25) is 0 Å². The summed E-state index contributed by atoms with van der Waals surface area (Å²) in [5.74, 6) is -0.302. The quantitative estimate of drug-likeness (QED) is 0.723. The third-order valence-electron chi connectivity index (χ3n) is 4.54. The predicted octanol–water partition coefficient (Wildman–Crippen LogP) is -0.0540. The second-order valence-corrected chi connectivity index (χ2v) is 7.89. The smallest absolute Gasteiger partial charge is 0.267 e. The van der Waals surface area contributed by atoms with Crippen LogP contribution in [-0.4, -0.2) is 44.1 Å². The van der Waals surface area contributed by atoms with E-state index in [4.69, 9.17) is 0 Å². The van der Waals surface area contributed by atoms with Gasteiger partial charge in [0.05, 0.1) is 0 Å². The first kappa shape index (κ1) is 15.5. The number of nitrogens with zero attached hydrogens (tertiary/aromatic N) is 1. The number of nitrogens with one attached hydrogen (secondary N) is 3. The van der Waals surface area contributed by atoms with E-state index in [-0.39, 0.29) is 16.8 Å². The molecule has 0 radical (unpaired) electrons. The van der Waals surface area contributed by atoms with Crippen LogP contribution in [0.4, 0.5) is 0 Å². The summed E-state index contributed by atoms with van der Waals surface area (Å²) in [5, 5.41) is 5.99. The van der Waals surface area contributed by atoms with Gasteiger partial charge in [0.1, 0.15) is 10.6 Å². The lowest BCUT2D eigenvalue weighted by atomic mass is 10.0. The maximum Gasteiger partial charge on any atom is 0.267 e. The highest BCUT2D eigenvalue weighted by molar-refractivity contribution is 7.89. The number of hydrogen-bond acceptors (Lipinski definition) is 4. The van der Waals surface area contributed by atoms with Crippen molar-refractivity contribution in [2.45, 2.75) is 48.7 Å². The molecule has 1 amide bonds. The van der Waals surface area contributed by atoms with Crippen molar-refractivity contribution >= 4 is 15.9 Å². The molecule has 2 unspecified atom stereocenters. The van der Waals surface area contributed by atoms with Gasteiger partial charge in [-0.3, -0.25) is 4.79 Å². The maximum absolute atomic E-state index is 12.5. The van der Waals surface area contributed by atoms with Crippen LogP contribution in [0, 0.1) is 0 Å². The molecule has 0 aliphatic carbocycles. The third kappa shape index (κ3) is 2.90. The van der Waals surface area contributed by atoms with E-state index in [0.717, 1.165) is 25.7 Å². The Kier molecular flexibility index (Phi) is 4.00. The number of fused-ring (bicyclic) bond motifs is 2. The van der Waals surface area contributed by atoms with E-state index in [1.165, 1.54) is 23.9 Å². The molecule has 1 aromatic rings. The highest BCUT2D eigenvalue weighted by atomic mass is 32.2. The standard InChI is InChI=1S/C14H22N4O3S/c1-15-14(19)13-7-12(8-18(13)2)22(20,21)17-11-5-9-3-4-10(6-11)16-9/h7-11,16-17H,3-6H2,1-2H3,(H,15,19). The van der Waals surface area contributed by atoms with E-state index in [0.29, 0.717) is 17.8 Å². The van der Waals surface area contributed by atoms with Gasteiger partial charge in [0, 0.05) is 38.4 Å². The summed E-state index contributed by atoms with van der Waals surface area (Å²) in [6.07, 6.45) is 5.36. The first-order valence-electron chi connectivity index (χ1n) is 7.56. The van der Waals surface area contributed by atoms with Gasteiger partial charge in [0.2, 0.25) is 10.0 Å². The summed E-state index contributed by atoms with van der Waals surface area (Å²) in [6, 6.07) is 2.22. The van der Waals surface area contributed by atoms with Crippen LogP contribution >= 0.6 is 0 Å². The Labute approximate surface area is 130 Å². The van der Waals surface area contributed by atoms with Crippen molar-refractivity contribution in [2.75, 3.05) is 7.05 Å². The van der Waals surface area contributed by atoms with E-state index >= 15 is 0 Å². The highest BCUT2D eigenvalue weighted by Gasteiger charge is 2.35. The molecule has 3 N–H and O–H groups in total.